The van der Waals surface area contributed by atoms with Gasteiger partial charge in [0.05, 0.1) is 6.54 Å². The second-order valence-electron chi connectivity index (χ2n) is 5.64. The number of rotatable bonds is 6. The van der Waals surface area contributed by atoms with E-state index in [1.54, 1.807) is 19.1 Å². The number of amides is 1. The molecule has 1 heterocycles. The Balaban J connectivity index is 0.000000696. The van der Waals surface area contributed by atoms with Crippen molar-refractivity contribution in [3.8, 4) is 0 Å². The molecule has 0 saturated carbocycles. The molecule has 1 aromatic heterocycles. The lowest BCUT2D eigenvalue weighted by Gasteiger charge is -2.15. The van der Waals surface area contributed by atoms with Crippen LogP contribution in [0.3, 0.4) is 0 Å². The van der Waals surface area contributed by atoms with Crippen LogP contribution in [0.1, 0.15) is 24.6 Å². The molecule has 0 saturated heterocycles. The third kappa shape index (κ3) is 6.27. The van der Waals surface area contributed by atoms with Crippen molar-refractivity contribution >= 4 is 28.7 Å². The van der Waals surface area contributed by atoms with Gasteiger partial charge in [0.2, 0.25) is 5.91 Å². The van der Waals surface area contributed by atoms with Crippen LogP contribution in [0.15, 0.2) is 24.3 Å². The van der Waals surface area contributed by atoms with Crippen molar-refractivity contribution in [3.63, 3.8) is 0 Å². The number of carboxylic acids is 2. The molecule has 1 unspecified atom stereocenters. The van der Waals surface area contributed by atoms with Crippen LogP contribution in [0, 0.1) is 0 Å². The Kier molecular flexibility index (Phi) is 7.99. The second-order valence-corrected chi connectivity index (χ2v) is 5.64. The van der Waals surface area contributed by atoms with E-state index < -0.39 is 48.7 Å². The molecule has 28 heavy (non-hydrogen) atoms. The maximum atomic E-state index is 13.2. The molecule has 0 radical (unpaired) electrons. The fourth-order valence-electron chi connectivity index (χ4n) is 2.31. The van der Waals surface area contributed by atoms with Gasteiger partial charge in [0.1, 0.15) is 11.7 Å². The van der Waals surface area contributed by atoms with Crippen molar-refractivity contribution in [2.24, 2.45) is 5.73 Å². The smallest absolute Gasteiger partial charge is 0.431 e. The van der Waals surface area contributed by atoms with E-state index >= 15 is 0 Å². The fraction of sp³-hybridized carbons (Fsp3) is 0.353. The topological polar surface area (TPSA) is 146 Å². The highest BCUT2D eigenvalue weighted by molar-refractivity contribution is 5.88. The van der Waals surface area contributed by atoms with Crippen LogP contribution in [0.2, 0.25) is 0 Å². The summed E-state index contributed by atoms with van der Waals surface area (Å²) in [7, 11) is 0. The van der Waals surface area contributed by atoms with Crippen LogP contribution in [0.4, 0.5) is 13.2 Å². The van der Waals surface area contributed by atoms with Crippen LogP contribution in [-0.4, -0.2) is 45.6 Å². The maximum Gasteiger partial charge on any atom is 0.431 e. The Labute approximate surface area is 157 Å². The molecule has 11 heteroatoms. The normalized spacial score (nSPS) is 12.0. The highest BCUT2D eigenvalue weighted by atomic mass is 19.4. The van der Waals surface area contributed by atoms with E-state index in [1.165, 1.54) is 12.1 Å². The molecule has 154 valence electrons. The first-order chi connectivity index (χ1) is 13.0. The van der Waals surface area contributed by atoms with E-state index in [1.807, 2.05) is 0 Å². The van der Waals surface area contributed by atoms with E-state index in [0.29, 0.717) is 0 Å². The number of aromatic nitrogens is 1. The third-order valence-corrected chi connectivity index (χ3v) is 3.63. The van der Waals surface area contributed by atoms with E-state index in [-0.39, 0.29) is 22.9 Å². The maximum absolute atomic E-state index is 13.2. The summed E-state index contributed by atoms with van der Waals surface area (Å²) in [6.07, 6.45) is -4.96. The number of para-hydroxylation sites is 1. The average molecular weight is 403 g/mol. The van der Waals surface area contributed by atoms with Crippen molar-refractivity contribution in [2.45, 2.75) is 32.0 Å². The molecule has 0 fully saturated rings. The van der Waals surface area contributed by atoms with Crippen molar-refractivity contribution < 1.29 is 37.8 Å². The minimum absolute atomic E-state index is 0.210. The first-order valence-corrected chi connectivity index (χ1v) is 8.12. The number of hydrogen-bond acceptors (Lipinski definition) is 4. The predicted molar refractivity (Wildman–Crippen MR) is 93.6 cm³/mol. The molecule has 0 aliphatic rings. The van der Waals surface area contributed by atoms with E-state index in [9.17, 15) is 27.6 Å². The molecule has 8 nitrogen and oxygen atoms in total. The predicted octanol–water partition coefficient (Wildman–Crippen LogP) is 1.74. The molecule has 1 aromatic carbocycles. The largest absolute Gasteiger partial charge is 0.481 e. The van der Waals surface area contributed by atoms with Crippen molar-refractivity contribution in [1.29, 1.82) is 0 Å². The molecule has 1 atom stereocenters. The lowest BCUT2D eigenvalue weighted by Crippen LogP contribution is -2.45. The van der Waals surface area contributed by atoms with Gasteiger partial charge in [-0.2, -0.15) is 13.2 Å². The molecule has 0 spiro atoms. The molecule has 0 bridgehead atoms. The van der Waals surface area contributed by atoms with Crippen LogP contribution in [0.5, 0.6) is 0 Å². The molecule has 1 amide bonds. The lowest BCUT2D eigenvalue weighted by molar-refractivity contribution is -0.143. The Morgan fingerprint density at radius 2 is 1.79 bits per heavy atom. The molecule has 0 aliphatic heterocycles. The van der Waals surface area contributed by atoms with Crippen molar-refractivity contribution in [1.82, 2.24) is 10.3 Å². The van der Waals surface area contributed by atoms with E-state index in [4.69, 9.17) is 15.9 Å². The number of aliphatic carboxylic acids is 2. The third-order valence-electron chi connectivity index (χ3n) is 3.63. The van der Waals surface area contributed by atoms with Gasteiger partial charge in [-0.05, 0) is 11.6 Å². The van der Waals surface area contributed by atoms with E-state index in [0.717, 1.165) is 0 Å². The number of carbonyl (C=O) groups excluding carboxylic acids is 1. The molecule has 6 N–H and O–H groups in total. The van der Waals surface area contributed by atoms with Crippen molar-refractivity contribution in [3.05, 3.63) is 35.5 Å². The van der Waals surface area contributed by atoms with Crippen molar-refractivity contribution in [2.75, 3.05) is 6.54 Å². The van der Waals surface area contributed by atoms with Crippen LogP contribution in [-0.2, 0) is 27.0 Å². The molecular weight excluding hydrogens is 383 g/mol. The zero-order chi connectivity index (χ0) is 21.5. The Morgan fingerprint density at radius 1 is 1.21 bits per heavy atom. The number of hydrogen-bond donors (Lipinski definition) is 5. The summed E-state index contributed by atoms with van der Waals surface area (Å²) in [5, 5.41) is 19.2. The summed E-state index contributed by atoms with van der Waals surface area (Å²) in [6, 6.07) is 4.52. The summed E-state index contributed by atoms with van der Waals surface area (Å²) >= 11 is 0. The summed E-state index contributed by atoms with van der Waals surface area (Å²) in [5.74, 6) is -2.94. The number of benzene rings is 1. The summed E-state index contributed by atoms with van der Waals surface area (Å²) in [4.78, 5) is 34.1. The average Bonchev–Trinajstić information content (AvgIpc) is 3.00. The van der Waals surface area contributed by atoms with Crippen LogP contribution >= 0.6 is 0 Å². The van der Waals surface area contributed by atoms with Gasteiger partial charge in [-0.3, -0.25) is 9.59 Å². The van der Waals surface area contributed by atoms with Crippen LogP contribution < -0.4 is 11.1 Å². The standard InChI is InChI=1S/C14H14F3N3O3.C3H6O2/c15-14(16,17)12-8(7-3-1-2-4-9(7)20-12)5-10(13(22)23)19-11(21)6-18;1-2-3(4)5/h1-4,10,20H,5-6,18H2,(H,19,21)(H,22,23);2H2,1H3,(H,4,5). The molecule has 2 rings (SSSR count). The Hall–Kier alpha value is -3.08. The van der Waals surface area contributed by atoms with Gasteiger partial charge in [0, 0.05) is 23.7 Å². The van der Waals surface area contributed by atoms with E-state index in [2.05, 4.69) is 10.3 Å². The highest BCUT2D eigenvalue weighted by Gasteiger charge is 2.37. The fourth-order valence-corrected chi connectivity index (χ4v) is 2.31. The summed E-state index contributed by atoms with van der Waals surface area (Å²) in [6.45, 7) is 1.14. The minimum Gasteiger partial charge on any atom is -0.481 e. The van der Waals surface area contributed by atoms with Gasteiger partial charge in [0.15, 0.2) is 0 Å². The van der Waals surface area contributed by atoms with Gasteiger partial charge in [-0.1, -0.05) is 25.1 Å². The first kappa shape index (κ1) is 23.0. The number of fused-ring (bicyclic) bond motifs is 1. The monoisotopic (exact) mass is 403 g/mol. The quantitative estimate of drug-likeness (QED) is 0.497. The summed E-state index contributed by atoms with van der Waals surface area (Å²) in [5.41, 5.74) is 4.10. The molecule has 0 aliphatic carbocycles. The first-order valence-electron chi connectivity index (χ1n) is 8.12. The number of alkyl halides is 3. The number of nitrogens with two attached hydrogens (primary N) is 1. The number of carbonyl (C=O) groups is 3. The molecule has 2 aromatic rings. The zero-order valence-electron chi connectivity index (χ0n) is 14.8. The number of carboxylic acid groups (broad SMARTS) is 2. The van der Waals surface area contributed by atoms with Gasteiger partial charge in [0.25, 0.3) is 0 Å². The number of nitrogens with one attached hydrogen (secondary N) is 2. The lowest BCUT2D eigenvalue weighted by atomic mass is 10.0. The number of H-pyrrole nitrogens is 1. The summed E-state index contributed by atoms with van der Waals surface area (Å²) < 4.78 is 39.5. The second kappa shape index (κ2) is 9.74. The Morgan fingerprint density at radius 3 is 2.25 bits per heavy atom. The Bertz CT molecular complexity index is 848. The number of aromatic amines is 1. The van der Waals surface area contributed by atoms with Gasteiger partial charge in [-0.25, -0.2) is 4.79 Å². The zero-order valence-corrected chi connectivity index (χ0v) is 14.8. The van der Waals surface area contributed by atoms with Gasteiger partial charge in [-0.15, -0.1) is 0 Å². The minimum atomic E-state index is -4.67. The van der Waals surface area contributed by atoms with Gasteiger partial charge >= 0.3 is 18.1 Å². The highest BCUT2D eigenvalue weighted by Crippen LogP contribution is 2.36. The van der Waals surface area contributed by atoms with Crippen LogP contribution in [0.25, 0.3) is 10.9 Å². The SMILES string of the molecule is CCC(=O)O.NCC(=O)NC(Cc1c(C(F)(F)F)[nH]c2ccccc12)C(=O)O. The van der Waals surface area contributed by atoms with Gasteiger partial charge < -0.3 is 26.2 Å². The number of halogens is 3. The molecular formula is C17H20F3N3O5.